The minimum Gasteiger partial charge on any atom is -0.388 e. The van der Waals surface area contributed by atoms with Crippen molar-refractivity contribution in [1.82, 2.24) is 0 Å². The zero-order chi connectivity index (χ0) is 13.1. The second-order valence-electron chi connectivity index (χ2n) is 3.98. The molecule has 0 saturated carbocycles. The van der Waals surface area contributed by atoms with Gasteiger partial charge in [-0.25, -0.2) is 4.39 Å². The molecule has 18 heavy (non-hydrogen) atoms. The zero-order valence-electron chi connectivity index (χ0n) is 9.41. The predicted octanol–water partition coefficient (Wildman–Crippen LogP) is 4.36. The van der Waals surface area contributed by atoms with E-state index in [4.69, 9.17) is 11.6 Å². The third-order valence-electron chi connectivity index (χ3n) is 2.69. The molecule has 2 rings (SSSR count). The van der Waals surface area contributed by atoms with Crippen LogP contribution in [0.1, 0.15) is 17.2 Å². The van der Waals surface area contributed by atoms with E-state index in [0.29, 0.717) is 10.6 Å². The quantitative estimate of drug-likeness (QED) is 0.789. The van der Waals surface area contributed by atoms with Gasteiger partial charge in [0, 0.05) is 20.6 Å². The first-order chi connectivity index (χ1) is 8.58. The summed E-state index contributed by atoms with van der Waals surface area (Å²) in [6, 6.07) is 12.0. The van der Waals surface area contributed by atoms with Gasteiger partial charge in [0.2, 0.25) is 0 Å². The zero-order valence-corrected chi connectivity index (χ0v) is 12.3. The van der Waals surface area contributed by atoms with Crippen LogP contribution in [0.2, 0.25) is 5.02 Å². The summed E-state index contributed by atoms with van der Waals surface area (Å²) in [5.41, 5.74) is 1.12. The van der Waals surface area contributed by atoms with Crippen LogP contribution in [-0.4, -0.2) is 5.11 Å². The molecular formula is C14H11ClFIO. The fraction of sp³-hybridized carbons (Fsp3) is 0.143. The highest BCUT2D eigenvalue weighted by Crippen LogP contribution is 2.26. The van der Waals surface area contributed by atoms with Crippen molar-refractivity contribution in [3.05, 3.63) is 68.0 Å². The molecule has 4 heteroatoms. The van der Waals surface area contributed by atoms with E-state index in [2.05, 4.69) is 22.6 Å². The SMILES string of the molecule is OC(Cc1c(F)cccc1Cl)c1cccc(I)c1. The Balaban J connectivity index is 2.24. The normalized spacial score (nSPS) is 12.4. The summed E-state index contributed by atoms with van der Waals surface area (Å²) in [7, 11) is 0. The first-order valence-corrected chi connectivity index (χ1v) is 6.90. The molecule has 0 aliphatic heterocycles. The lowest BCUT2D eigenvalue weighted by Crippen LogP contribution is -2.04. The first kappa shape index (κ1) is 13.8. The van der Waals surface area contributed by atoms with Crippen molar-refractivity contribution in [1.29, 1.82) is 0 Å². The predicted molar refractivity (Wildman–Crippen MR) is 79.2 cm³/mol. The number of benzene rings is 2. The van der Waals surface area contributed by atoms with E-state index < -0.39 is 6.10 Å². The smallest absolute Gasteiger partial charge is 0.127 e. The van der Waals surface area contributed by atoms with E-state index in [0.717, 1.165) is 9.13 Å². The van der Waals surface area contributed by atoms with Crippen molar-refractivity contribution in [2.24, 2.45) is 0 Å². The molecule has 0 bridgehead atoms. The fourth-order valence-electron chi connectivity index (χ4n) is 1.75. The summed E-state index contributed by atoms with van der Waals surface area (Å²) < 4.78 is 14.6. The number of hydrogen-bond donors (Lipinski definition) is 1. The van der Waals surface area contributed by atoms with E-state index in [-0.39, 0.29) is 12.2 Å². The van der Waals surface area contributed by atoms with Gasteiger partial charge in [0.15, 0.2) is 0 Å². The van der Waals surface area contributed by atoms with Crippen molar-refractivity contribution in [2.75, 3.05) is 0 Å². The second-order valence-corrected chi connectivity index (χ2v) is 5.63. The average molecular weight is 377 g/mol. The van der Waals surface area contributed by atoms with Gasteiger partial charge in [-0.1, -0.05) is 29.8 Å². The van der Waals surface area contributed by atoms with Gasteiger partial charge in [0.25, 0.3) is 0 Å². The van der Waals surface area contributed by atoms with Crippen LogP contribution < -0.4 is 0 Å². The minimum absolute atomic E-state index is 0.172. The standard InChI is InChI=1S/C14H11ClFIO/c15-12-5-2-6-13(16)11(12)8-14(18)9-3-1-4-10(17)7-9/h1-7,14,18H,8H2. The summed E-state index contributed by atoms with van der Waals surface area (Å²) >= 11 is 8.11. The maximum absolute atomic E-state index is 13.6. The first-order valence-electron chi connectivity index (χ1n) is 5.44. The molecule has 0 aromatic heterocycles. The van der Waals surface area contributed by atoms with Crippen molar-refractivity contribution in [3.63, 3.8) is 0 Å². The maximum atomic E-state index is 13.6. The van der Waals surface area contributed by atoms with E-state index in [1.54, 1.807) is 12.1 Å². The Bertz CT molecular complexity index is 539. The summed E-state index contributed by atoms with van der Waals surface area (Å²) in [6.45, 7) is 0. The van der Waals surface area contributed by atoms with Crippen LogP contribution in [0.3, 0.4) is 0 Å². The fourth-order valence-corrected chi connectivity index (χ4v) is 2.56. The summed E-state index contributed by atoms with van der Waals surface area (Å²) in [5, 5.41) is 10.5. The number of hydrogen-bond acceptors (Lipinski definition) is 1. The summed E-state index contributed by atoms with van der Waals surface area (Å²) in [5.74, 6) is -0.382. The highest BCUT2D eigenvalue weighted by molar-refractivity contribution is 14.1. The van der Waals surface area contributed by atoms with Gasteiger partial charge in [0.05, 0.1) is 6.10 Å². The molecule has 1 N–H and O–H groups in total. The Morgan fingerprint density at radius 1 is 1.22 bits per heavy atom. The molecule has 0 heterocycles. The van der Waals surface area contributed by atoms with Crippen LogP contribution in [0.5, 0.6) is 0 Å². The molecule has 0 fully saturated rings. The number of rotatable bonds is 3. The van der Waals surface area contributed by atoms with Crippen molar-refractivity contribution in [3.8, 4) is 0 Å². The Morgan fingerprint density at radius 3 is 2.61 bits per heavy atom. The molecule has 0 aliphatic rings. The Morgan fingerprint density at radius 2 is 1.94 bits per heavy atom. The van der Waals surface area contributed by atoms with Crippen molar-refractivity contribution >= 4 is 34.2 Å². The topological polar surface area (TPSA) is 20.2 Å². The van der Waals surface area contributed by atoms with Crippen LogP contribution >= 0.6 is 34.2 Å². The van der Waals surface area contributed by atoms with Crippen LogP contribution in [0, 0.1) is 9.39 Å². The molecule has 94 valence electrons. The van der Waals surface area contributed by atoms with E-state index in [9.17, 15) is 9.50 Å². The minimum atomic E-state index is -0.755. The third kappa shape index (κ3) is 3.22. The van der Waals surface area contributed by atoms with Crippen LogP contribution in [0.15, 0.2) is 42.5 Å². The van der Waals surface area contributed by atoms with Gasteiger partial charge < -0.3 is 5.11 Å². The van der Waals surface area contributed by atoms with Gasteiger partial charge in [0.1, 0.15) is 5.82 Å². The lowest BCUT2D eigenvalue weighted by atomic mass is 10.0. The Labute approximate surface area is 124 Å². The molecular weight excluding hydrogens is 366 g/mol. The number of aliphatic hydroxyl groups is 1. The van der Waals surface area contributed by atoms with Gasteiger partial charge in [-0.15, -0.1) is 0 Å². The van der Waals surface area contributed by atoms with E-state index >= 15 is 0 Å². The third-order valence-corrected chi connectivity index (χ3v) is 3.72. The molecule has 0 aliphatic carbocycles. The second kappa shape index (κ2) is 5.99. The number of halogens is 3. The van der Waals surface area contributed by atoms with Crippen molar-refractivity contribution < 1.29 is 9.50 Å². The molecule has 1 unspecified atom stereocenters. The summed E-state index contributed by atoms with van der Waals surface area (Å²) in [6.07, 6.45) is -0.583. The van der Waals surface area contributed by atoms with Crippen LogP contribution in [0.4, 0.5) is 4.39 Å². The van der Waals surface area contributed by atoms with E-state index in [1.165, 1.54) is 6.07 Å². The molecule has 0 amide bonds. The molecule has 1 nitrogen and oxygen atoms in total. The monoisotopic (exact) mass is 376 g/mol. The molecule has 2 aromatic carbocycles. The van der Waals surface area contributed by atoms with Gasteiger partial charge >= 0.3 is 0 Å². The lowest BCUT2D eigenvalue weighted by molar-refractivity contribution is 0.177. The molecule has 0 radical (unpaired) electrons. The number of aliphatic hydroxyl groups excluding tert-OH is 1. The molecule has 2 aromatic rings. The maximum Gasteiger partial charge on any atom is 0.127 e. The highest BCUT2D eigenvalue weighted by Gasteiger charge is 2.14. The molecule has 0 saturated heterocycles. The Kier molecular flexibility index (Phi) is 4.59. The summed E-state index contributed by atoms with van der Waals surface area (Å²) in [4.78, 5) is 0. The molecule has 0 spiro atoms. The lowest BCUT2D eigenvalue weighted by Gasteiger charge is -2.13. The largest absolute Gasteiger partial charge is 0.388 e. The molecule has 1 atom stereocenters. The van der Waals surface area contributed by atoms with Gasteiger partial charge in [-0.3, -0.25) is 0 Å². The van der Waals surface area contributed by atoms with E-state index in [1.807, 2.05) is 24.3 Å². The van der Waals surface area contributed by atoms with Crippen LogP contribution in [0.25, 0.3) is 0 Å². The highest BCUT2D eigenvalue weighted by atomic mass is 127. The van der Waals surface area contributed by atoms with Crippen molar-refractivity contribution in [2.45, 2.75) is 12.5 Å². The van der Waals surface area contributed by atoms with Crippen LogP contribution in [-0.2, 0) is 6.42 Å². The van der Waals surface area contributed by atoms with Gasteiger partial charge in [-0.2, -0.15) is 0 Å². The Hall–Kier alpha value is -0.650. The van der Waals surface area contributed by atoms with Gasteiger partial charge in [-0.05, 0) is 52.4 Å². The average Bonchev–Trinajstić information content (AvgIpc) is 2.34.